The van der Waals surface area contributed by atoms with Crippen LogP contribution in [0.1, 0.15) is 145 Å². The zero-order valence-corrected chi connectivity index (χ0v) is 37.1. The number of fused-ring (bicyclic) bond motifs is 2. The maximum atomic E-state index is 10.8. The molecule has 1 aromatic heterocycles. The normalized spacial score (nSPS) is 23.4. The third kappa shape index (κ3) is 9.46. The van der Waals surface area contributed by atoms with Gasteiger partial charge in [-0.1, -0.05) is 38.1 Å². The Morgan fingerprint density at radius 1 is 0.709 bits per heavy atom. The molecular formula is C51H67MoN2O-. The standard InChI is InChI=1S/C25H32O.C10H15N.C10H12.C6H8N.Mo/c1-16-14-19-8-4-6-10-22(19)21(18(16)3)12-13-24-23-11-7-5-9-20(23)15-17(2)25(24)26;11-10-4-7-1-8(5-10)3-9(2-7)6-10;1-10(2,3)9-7-5-4-6-8-9;1-5-3-4-6(2)7-5;/h14-15,26H,4-13H2,1-3H3;7-9H,1-6H2;1,4-8H,2-3H3;3-4H,1-2H3;/q;;;-1;. The average Bonchev–Trinajstić information content (AvgIpc) is 3.55. The van der Waals surface area contributed by atoms with Crippen LogP contribution in [0.3, 0.4) is 0 Å². The Morgan fingerprint density at radius 2 is 1.22 bits per heavy atom. The molecule has 6 aliphatic carbocycles. The molecule has 4 fully saturated rings. The van der Waals surface area contributed by atoms with Crippen molar-refractivity contribution in [2.75, 3.05) is 0 Å². The van der Waals surface area contributed by atoms with Crippen LogP contribution in [0.2, 0.25) is 0 Å². The van der Waals surface area contributed by atoms with Gasteiger partial charge in [0, 0.05) is 0 Å². The van der Waals surface area contributed by atoms with Crippen molar-refractivity contribution in [2.45, 2.75) is 162 Å². The summed E-state index contributed by atoms with van der Waals surface area (Å²) in [6.45, 7) is 15.3. The number of benzene rings is 3. The molecule has 0 spiro atoms. The number of phenolic OH excluding ortho intramolecular Hbond substituents is 1. The Kier molecular flexibility index (Phi) is 12.7. The monoisotopic (exact) mass is 821 g/mol. The van der Waals surface area contributed by atoms with E-state index in [2.05, 4.69) is 86.5 Å². The van der Waals surface area contributed by atoms with Crippen LogP contribution in [-0.4, -0.2) is 15.0 Å². The van der Waals surface area contributed by atoms with Crippen LogP contribution >= 0.6 is 0 Å². The zero-order chi connectivity index (χ0) is 38.7. The quantitative estimate of drug-likeness (QED) is 0.197. The molecule has 3 nitrogen and oxygen atoms in total. The van der Waals surface area contributed by atoms with Gasteiger partial charge in [0.05, 0.1) is 0 Å². The molecule has 3 aromatic carbocycles. The smallest absolute Gasteiger partial charge is 0.121 e. The van der Waals surface area contributed by atoms with Crippen molar-refractivity contribution in [1.29, 1.82) is 0 Å². The van der Waals surface area contributed by atoms with E-state index in [1.165, 1.54) is 117 Å². The largest absolute Gasteiger partial charge is 0.665 e. The van der Waals surface area contributed by atoms with E-state index in [-0.39, 0.29) is 23.3 Å². The molecule has 0 unspecified atom stereocenters. The maximum Gasteiger partial charge on any atom is 0.121 e. The van der Waals surface area contributed by atoms with Crippen molar-refractivity contribution in [3.8, 4) is 5.75 Å². The van der Waals surface area contributed by atoms with Crippen LogP contribution in [0.5, 0.6) is 5.75 Å². The Labute approximate surface area is 341 Å². The van der Waals surface area contributed by atoms with Crippen molar-refractivity contribution >= 4 is 4.40 Å². The fourth-order valence-corrected chi connectivity index (χ4v) is 13.5. The van der Waals surface area contributed by atoms with E-state index in [9.17, 15) is 5.11 Å². The minimum absolute atomic E-state index is 0.176. The minimum atomic E-state index is -0.353. The summed E-state index contributed by atoms with van der Waals surface area (Å²) in [6, 6.07) is 19.6. The third-order valence-electron chi connectivity index (χ3n) is 13.9. The first kappa shape index (κ1) is 40.3. The second-order valence-corrected chi connectivity index (χ2v) is 20.3. The van der Waals surface area contributed by atoms with E-state index in [0.29, 0.717) is 11.3 Å². The number of nitrogens with zero attached hydrogens (tertiary/aromatic N) is 2. The second-order valence-electron chi connectivity index (χ2n) is 18.8. The van der Waals surface area contributed by atoms with Crippen LogP contribution in [-0.2, 0) is 61.9 Å². The van der Waals surface area contributed by atoms with Gasteiger partial charge >= 0.3 is 143 Å². The van der Waals surface area contributed by atoms with Gasteiger partial charge in [-0.3, -0.25) is 0 Å². The van der Waals surface area contributed by atoms with Crippen LogP contribution in [0.15, 0.2) is 58.1 Å². The van der Waals surface area contributed by atoms with Gasteiger partial charge in [0.1, 0.15) is 5.75 Å². The van der Waals surface area contributed by atoms with Gasteiger partial charge in [0.15, 0.2) is 0 Å². The summed E-state index contributed by atoms with van der Waals surface area (Å²) in [5.41, 5.74) is 17.2. The van der Waals surface area contributed by atoms with Crippen molar-refractivity contribution in [2.24, 2.45) is 21.2 Å². The van der Waals surface area contributed by atoms with Crippen LogP contribution in [0.4, 0.5) is 0 Å². The van der Waals surface area contributed by atoms with Gasteiger partial charge in [-0.2, -0.15) is 11.4 Å². The van der Waals surface area contributed by atoms with Gasteiger partial charge in [0.2, 0.25) is 0 Å². The van der Waals surface area contributed by atoms with Gasteiger partial charge in [-0.15, -0.1) is 0 Å². The number of aromatic nitrogens is 1. The summed E-state index contributed by atoms with van der Waals surface area (Å²) >= 11 is -0.353. The van der Waals surface area contributed by atoms with Crippen molar-refractivity contribution < 1.29 is 23.0 Å². The Hall–Kier alpha value is -2.90. The molecule has 55 heavy (non-hydrogen) atoms. The van der Waals surface area contributed by atoms with E-state index in [1.807, 2.05) is 26.0 Å². The predicted octanol–water partition coefficient (Wildman–Crippen LogP) is 12.1. The molecule has 0 aliphatic heterocycles. The number of hydrogen-bond donors (Lipinski definition) is 1. The topological polar surface area (TPSA) is 46.7 Å². The number of aromatic hydroxyl groups is 1. The summed E-state index contributed by atoms with van der Waals surface area (Å²) in [7, 11) is 0. The molecule has 0 amide bonds. The fraction of sp³-hybridized carbons (Fsp3) is 0.549. The molecule has 294 valence electrons. The minimum Gasteiger partial charge on any atom is -0.665 e. The fourth-order valence-electron chi connectivity index (χ4n) is 11.2. The Balaban J connectivity index is 0.000000145. The van der Waals surface area contributed by atoms with Gasteiger partial charge in [-0.05, 0) is 135 Å². The van der Waals surface area contributed by atoms with Crippen LogP contribution in [0.25, 0.3) is 0 Å². The summed E-state index contributed by atoms with van der Waals surface area (Å²) < 4.78 is 7.96. The average molecular weight is 820 g/mol. The van der Waals surface area contributed by atoms with E-state index < -0.39 is 0 Å². The summed E-state index contributed by atoms with van der Waals surface area (Å²) in [5.74, 6) is 3.61. The van der Waals surface area contributed by atoms with Crippen LogP contribution in [0, 0.1) is 52.4 Å². The SMILES string of the molecule is CC(C)([CH]=[Mo]=[N]C12CC3CC(CC(C3)C1)C2)c1ccccc1.Cc1cc2c(c(CCc3c(O)c(C)cc4c3CCCC4)c1C)CCCC2.Cc1ccc(C)[n-]1. The summed E-state index contributed by atoms with van der Waals surface area (Å²) in [6.07, 6.45) is 20.9. The first-order valence-corrected chi connectivity index (χ1v) is 23.7. The Bertz CT molecular complexity index is 1900. The first-order chi connectivity index (χ1) is 26.4. The third-order valence-corrected chi connectivity index (χ3v) is 16.8. The zero-order valence-electron chi connectivity index (χ0n) is 35.1. The second kappa shape index (κ2) is 17.3. The summed E-state index contributed by atoms with van der Waals surface area (Å²) in [5, 5.41) is 10.8. The van der Waals surface area contributed by atoms with Crippen molar-refractivity contribution in [1.82, 2.24) is 4.98 Å². The molecule has 1 heterocycles. The van der Waals surface area contributed by atoms with Gasteiger partial charge in [-0.25, -0.2) is 0 Å². The first-order valence-electron chi connectivity index (χ1n) is 21.7. The molecule has 4 bridgehead atoms. The number of aryl methyl sites for hydroxylation is 6. The number of hydrogen-bond acceptors (Lipinski definition) is 2. The van der Waals surface area contributed by atoms with E-state index in [4.69, 9.17) is 3.50 Å². The molecule has 0 saturated heterocycles. The Morgan fingerprint density at radius 3 is 1.76 bits per heavy atom. The molecule has 4 saturated carbocycles. The van der Waals surface area contributed by atoms with E-state index in [0.717, 1.165) is 54.0 Å². The molecule has 10 rings (SSSR count). The number of rotatable bonds is 6. The molecule has 6 aliphatic rings. The van der Waals surface area contributed by atoms with Crippen molar-refractivity contribution in [3.05, 3.63) is 122 Å². The van der Waals surface area contributed by atoms with Crippen molar-refractivity contribution in [3.63, 3.8) is 0 Å². The maximum absolute atomic E-state index is 10.8. The molecule has 4 aromatic rings. The van der Waals surface area contributed by atoms with Crippen LogP contribution < -0.4 is 4.98 Å². The van der Waals surface area contributed by atoms with E-state index >= 15 is 0 Å². The summed E-state index contributed by atoms with van der Waals surface area (Å²) in [4.78, 5) is 4.11. The molecule has 1 N–H and O–H groups in total. The number of phenols is 1. The van der Waals surface area contributed by atoms with Gasteiger partial charge in [0.25, 0.3) is 0 Å². The van der Waals surface area contributed by atoms with E-state index in [1.54, 1.807) is 16.7 Å². The molecular weight excluding hydrogens is 753 g/mol. The molecule has 4 heteroatoms. The predicted molar refractivity (Wildman–Crippen MR) is 228 cm³/mol. The molecule has 0 atom stereocenters. The molecule has 0 radical (unpaired) electrons. The van der Waals surface area contributed by atoms with Gasteiger partial charge < -0.3 is 10.1 Å².